The van der Waals surface area contributed by atoms with Gasteiger partial charge in [-0.15, -0.1) is 0 Å². The van der Waals surface area contributed by atoms with E-state index in [2.05, 4.69) is 0 Å². The summed E-state index contributed by atoms with van der Waals surface area (Å²) >= 11 is 0. The van der Waals surface area contributed by atoms with E-state index in [9.17, 15) is 4.79 Å². The highest BCUT2D eigenvalue weighted by atomic mass is 16.5. The minimum atomic E-state index is -0.116. The Kier molecular flexibility index (Phi) is 12.2. The standard InChI is InChI=1S/C7H14O2.C4H10O/c1-4-7(3)9-5-6(2)8;1-3-4(2)5/h7H,4-5H2,1-3H3;4-5H,3H2,1-2H3. The second-order valence-electron chi connectivity index (χ2n) is 3.49. The van der Waals surface area contributed by atoms with Crippen molar-refractivity contribution >= 4 is 5.78 Å². The molecule has 0 aliphatic rings. The van der Waals surface area contributed by atoms with Gasteiger partial charge < -0.3 is 9.84 Å². The predicted octanol–water partition coefficient (Wildman–Crippen LogP) is 2.17. The second-order valence-corrected chi connectivity index (χ2v) is 3.49. The van der Waals surface area contributed by atoms with Crippen LogP contribution in [0.4, 0.5) is 0 Å². The Morgan fingerprint density at radius 1 is 1.29 bits per heavy atom. The van der Waals surface area contributed by atoms with Gasteiger partial charge in [0.05, 0.1) is 12.2 Å². The van der Waals surface area contributed by atoms with Gasteiger partial charge in [0.2, 0.25) is 0 Å². The largest absolute Gasteiger partial charge is 0.393 e. The molecular weight excluding hydrogens is 180 g/mol. The van der Waals surface area contributed by atoms with E-state index in [1.807, 2.05) is 20.8 Å². The van der Waals surface area contributed by atoms with Gasteiger partial charge in [-0.2, -0.15) is 0 Å². The number of carbonyl (C=O) groups is 1. The third kappa shape index (κ3) is 17.6. The molecule has 3 heteroatoms. The van der Waals surface area contributed by atoms with Crippen LogP contribution in [0.15, 0.2) is 0 Å². The maximum absolute atomic E-state index is 10.3. The van der Waals surface area contributed by atoms with Crippen molar-refractivity contribution in [3.05, 3.63) is 0 Å². The average Bonchev–Trinajstić information content (AvgIpc) is 2.14. The topological polar surface area (TPSA) is 46.5 Å². The Morgan fingerprint density at radius 3 is 1.93 bits per heavy atom. The minimum Gasteiger partial charge on any atom is -0.393 e. The van der Waals surface area contributed by atoms with Crippen LogP contribution in [0.25, 0.3) is 0 Å². The van der Waals surface area contributed by atoms with Gasteiger partial charge in [0.15, 0.2) is 5.78 Å². The maximum atomic E-state index is 10.3. The Labute approximate surface area is 87.5 Å². The minimum absolute atomic E-state index is 0.0929. The van der Waals surface area contributed by atoms with Crippen molar-refractivity contribution in [2.24, 2.45) is 0 Å². The molecule has 0 radical (unpaired) electrons. The first-order valence-electron chi connectivity index (χ1n) is 5.23. The van der Waals surface area contributed by atoms with Gasteiger partial charge in [-0.1, -0.05) is 13.8 Å². The van der Waals surface area contributed by atoms with Gasteiger partial charge in [-0.3, -0.25) is 4.79 Å². The number of hydrogen-bond acceptors (Lipinski definition) is 3. The zero-order chi connectivity index (χ0) is 11.6. The Balaban J connectivity index is 0. The molecule has 2 unspecified atom stereocenters. The van der Waals surface area contributed by atoms with Crippen LogP contribution in [0.5, 0.6) is 0 Å². The van der Waals surface area contributed by atoms with E-state index in [1.165, 1.54) is 6.92 Å². The van der Waals surface area contributed by atoms with Crippen LogP contribution in [0.3, 0.4) is 0 Å². The van der Waals surface area contributed by atoms with E-state index in [4.69, 9.17) is 9.84 Å². The number of aliphatic hydroxyl groups excluding tert-OH is 1. The fraction of sp³-hybridized carbons (Fsp3) is 0.909. The van der Waals surface area contributed by atoms with Gasteiger partial charge in [0.1, 0.15) is 6.61 Å². The van der Waals surface area contributed by atoms with Gasteiger partial charge in [-0.05, 0) is 33.6 Å². The summed E-state index contributed by atoms with van der Waals surface area (Å²) in [5.74, 6) is 0.0929. The Hall–Kier alpha value is -0.410. The van der Waals surface area contributed by atoms with Crippen LogP contribution in [0.1, 0.15) is 47.5 Å². The lowest BCUT2D eigenvalue weighted by Gasteiger charge is -2.07. The maximum Gasteiger partial charge on any atom is 0.155 e. The lowest BCUT2D eigenvalue weighted by atomic mass is 10.3. The molecule has 2 atom stereocenters. The molecule has 3 nitrogen and oxygen atoms in total. The van der Waals surface area contributed by atoms with Crippen LogP contribution >= 0.6 is 0 Å². The zero-order valence-corrected chi connectivity index (χ0v) is 10.0. The van der Waals surface area contributed by atoms with Gasteiger partial charge in [0, 0.05) is 0 Å². The van der Waals surface area contributed by atoms with E-state index in [0.717, 1.165) is 12.8 Å². The molecule has 0 heterocycles. The third-order valence-corrected chi connectivity index (χ3v) is 1.74. The first-order valence-corrected chi connectivity index (χ1v) is 5.23. The fourth-order valence-electron chi connectivity index (χ4n) is 0.377. The summed E-state index contributed by atoms with van der Waals surface area (Å²) < 4.78 is 5.10. The summed E-state index contributed by atoms with van der Waals surface area (Å²) in [6.07, 6.45) is 1.93. The molecule has 0 rings (SSSR count). The molecule has 0 fully saturated rings. The van der Waals surface area contributed by atoms with Crippen LogP contribution < -0.4 is 0 Å². The van der Waals surface area contributed by atoms with E-state index in [1.54, 1.807) is 6.92 Å². The third-order valence-electron chi connectivity index (χ3n) is 1.74. The summed E-state index contributed by atoms with van der Waals surface area (Å²) in [5.41, 5.74) is 0. The Bertz CT molecular complexity index is 132. The molecule has 14 heavy (non-hydrogen) atoms. The van der Waals surface area contributed by atoms with Crippen molar-refractivity contribution in [2.45, 2.75) is 59.7 Å². The quantitative estimate of drug-likeness (QED) is 0.746. The SMILES string of the molecule is CCC(C)O.CCC(C)OCC(C)=O. The summed E-state index contributed by atoms with van der Waals surface area (Å²) in [7, 11) is 0. The number of aliphatic hydroxyl groups is 1. The number of carbonyl (C=O) groups excluding carboxylic acids is 1. The van der Waals surface area contributed by atoms with Crippen molar-refractivity contribution in [1.82, 2.24) is 0 Å². The van der Waals surface area contributed by atoms with Crippen molar-refractivity contribution in [2.75, 3.05) is 6.61 Å². The summed E-state index contributed by atoms with van der Waals surface area (Å²) in [4.78, 5) is 10.3. The normalized spacial score (nSPS) is 13.9. The highest BCUT2D eigenvalue weighted by molar-refractivity contribution is 5.76. The molecular formula is C11H24O3. The van der Waals surface area contributed by atoms with Crippen molar-refractivity contribution in [3.63, 3.8) is 0 Å². The lowest BCUT2D eigenvalue weighted by molar-refractivity contribution is -0.123. The molecule has 0 amide bonds. The van der Waals surface area contributed by atoms with Crippen molar-refractivity contribution in [1.29, 1.82) is 0 Å². The summed E-state index contributed by atoms with van der Waals surface area (Å²) in [6.45, 7) is 9.51. The number of rotatable bonds is 5. The summed E-state index contributed by atoms with van der Waals surface area (Å²) in [5, 5.41) is 8.36. The van der Waals surface area contributed by atoms with E-state index in [-0.39, 0.29) is 24.6 Å². The van der Waals surface area contributed by atoms with Gasteiger partial charge in [0.25, 0.3) is 0 Å². The zero-order valence-electron chi connectivity index (χ0n) is 10.0. The average molecular weight is 204 g/mol. The fourth-order valence-corrected chi connectivity index (χ4v) is 0.377. The van der Waals surface area contributed by atoms with Gasteiger partial charge >= 0.3 is 0 Å². The highest BCUT2D eigenvalue weighted by Crippen LogP contribution is 1.94. The number of ketones is 1. The molecule has 0 saturated carbocycles. The van der Waals surface area contributed by atoms with Crippen molar-refractivity contribution < 1.29 is 14.6 Å². The molecule has 86 valence electrons. The number of ether oxygens (including phenoxy) is 1. The van der Waals surface area contributed by atoms with Gasteiger partial charge in [-0.25, -0.2) is 0 Å². The smallest absolute Gasteiger partial charge is 0.155 e. The highest BCUT2D eigenvalue weighted by Gasteiger charge is 1.98. The van der Waals surface area contributed by atoms with E-state index in [0.29, 0.717) is 0 Å². The van der Waals surface area contributed by atoms with Crippen LogP contribution in [0.2, 0.25) is 0 Å². The molecule has 0 saturated heterocycles. The molecule has 0 spiro atoms. The first-order chi connectivity index (χ1) is 6.43. The van der Waals surface area contributed by atoms with E-state index < -0.39 is 0 Å². The molecule has 1 N–H and O–H groups in total. The van der Waals surface area contributed by atoms with Crippen molar-refractivity contribution in [3.8, 4) is 0 Å². The first kappa shape index (κ1) is 16.0. The second kappa shape index (κ2) is 10.7. The predicted molar refractivity (Wildman–Crippen MR) is 58.4 cm³/mol. The van der Waals surface area contributed by atoms with E-state index >= 15 is 0 Å². The number of Topliss-reactive ketones (excluding diaryl/α,β-unsaturated/α-hetero) is 1. The molecule has 0 bridgehead atoms. The molecule has 0 aromatic heterocycles. The summed E-state index contributed by atoms with van der Waals surface area (Å²) in [6, 6.07) is 0. The van der Waals surface area contributed by atoms with Crippen LogP contribution in [-0.4, -0.2) is 29.7 Å². The molecule has 0 aliphatic heterocycles. The monoisotopic (exact) mass is 204 g/mol. The van der Waals surface area contributed by atoms with Crippen LogP contribution in [-0.2, 0) is 9.53 Å². The van der Waals surface area contributed by atoms with Crippen LogP contribution in [0, 0.1) is 0 Å². The lowest BCUT2D eigenvalue weighted by Crippen LogP contribution is -2.12. The Morgan fingerprint density at radius 2 is 1.71 bits per heavy atom. The number of hydrogen-bond donors (Lipinski definition) is 1. The molecule has 0 aliphatic carbocycles. The molecule has 0 aromatic carbocycles. The molecule has 0 aromatic rings.